The first kappa shape index (κ1) is 10.8. The van der Waals surface area contributed by atoms with Crippen molar-refractivity contribution in [3.63, 3.8) is 0 Å². The van der Waals surface area contributed by atoms with Gasteiger partial charge in [-0.25, -0.2) is 0 Å². The Morgan fingerprint density at radius 1 is 1.24 bits per heavy atom. The SMILES string of the molecule is CC1=NC=C(c2ccc3c(c2)CCC(C)C3)C1. The summed E-state index contributed by atoms with van der Waals surface area (Å²) in [6.45, 7) is 4.46. The lowest BCUT2D eigenvalue weighted by atomic mass is 9.83. The van der Waals surface area contributed by atoms with Gasteiger partial charge < -0.3 is 0 Å². The van der Waals surface area contributed by atoms with Gasteiger partial charge in [0.1, 0.15) is 0 Å². The van der Waals surface area contributed by atoms with Gasteiger partial charge in [-0.2, -0.15) is 0 Å². The van der Waals surface area contributed by atoms with Crippen LogP contribution in [0.25, 0.3) is 5.57 Å². The van der Waals surface area contributed by atoms with Crippen molar-refractivity contribution in [2.45, 2.75) is 39.5 Å². The summed E-state index contributed by atoms with van der Waals surface area (Å²) in [5.74, 6) is 0.852. The number of fused-ring (bicyclic) bond motifs is 1. The maximum absolute atomic E-state index is 4.37. The maximum Gasteiger partial charge on any atom is 0.0309 e. The van der Waals surface area contributed by atoms with Crippen molar-refractivity contribution in [2.75, 3.05) is 0 Å². The molecular weight excluding hydrogens is 206 g/mol. The van der Waals surface area contributed by atoms with E-state index in [0.717, 1.165) is 12.3 Å². The van der Waals surface area contributed by atoms with E-state index < -0.39 is 0 Å². The van der Waals surface area contributed by atoms with E-state index in [4.69, 9.17) is 0 Å². The highest BCUT2D eigenvalue weighted by atomic mass is 14.7. The van der Waals surface area contributed by atoms with Gasteiger partial charge >= 0.3 is 0 Å². The van der Waals surface area contributed by atoms with Gasteiger partial charge in [-0.05, 0) is 54.4 Å². The van der Waals surface area contributed by atoms with Crippen LogP contribution in [0.2, 0.25) is 0 Å². The minimum atomic E-state index is 0.852. The van der Waals surface area contributed by atoms with Crippen LogP contribution in [0.4, 0.5) is 0 Å². The fourth-order valence-corrected chi connectivity index (χ4v) is 2.87. The molecule has 1 aromatic rings. The van der Waals surface area contributed by atoms with Crippen LogP contribution in [-0.4, -0.2) is 5.71 Å². The summed E-state index contributed by atoms with van der Waals surface area (Å²) in [4.78, 5) is 4.37. The van der Waals surface area contributed by atoms with E-state index in [1.165, 1.54) is 36.1 Å². The smallest absolute Gasteiger partial charge is 0.0309 e. The lowest BCUT2D eigenvalue weighted by Crippen LogP contribution is -2.11. The second-order valence-corrected chi connectivity index (χ2v) is 5.53. The summed E-state index contributed by atoms with van der Waals surface area (Å²) in [5, 5.41) is 0. The third-order valence-corrected chi connectivity index (χ3v) is 3.94. The summed E-state index contributed by atoms with van der Waals surface area (Å²) in [5.41, 5.74) is 7.10. The topological polar surface area (TPSA) is 12.4 Å². The molecule has 88 valence electrons. The zero-order valence-electron chi connectivity index (χ0n) is 10.7. The number of hydrogen-bond donors (Lipinski definition) is 0. The van der Waals surface area contributed by atoms with E-state index >= 15 is 0 Å². The zero-order chi connectivity index (χ0) is 11.8. The molecule has 1 aliphatic heterocycles. The van der Waals surface area contributed by atoms with Crippen LogP contribution in [-0.2, 0) is 12.8 Å². The molecule has 0 fully saturated rings. The molecule has 1 heteroatoms. The van der Waals surface area contributed by atoms with Crippen LogP contribution in [0.5, 0.6) is 0 Å². The van der Waals surface area contributed by atoms with Crippen LogP contribution < -0.4 is 0 Å². The Morgan fingerprint density at radius 3 is 2.88 bits per heavy atom. The molecule has 0 bridgehead atoms. The van der Waals surface area contributed by atoms with Crippen molar-refractivity contribution in [2.24, 2.45) is 10.9 Å². The minimum Gasteiger partial charge on any atom is -0.265 e. The molecule has 1 aliphatic carbocycles. The molecule has 0 spiro atoms. The maximum atomic E-state index is 4.37. The number of nitrogens with zero attached hydrogens (tertiary/aromatic N) is 1. The molecule has 3 rings (SSSR count). The molecule has 0 saturated carbocycles. The number of allylic oxidation sites excluding steroid dienone is 1. The summed E-state index contributed by atoms with van der Waals surface area (Å²) in [7, 11) is 0. The molecule has 1 heterocycles. The van der Waals surface area contributed by atoms with Crippen LogP contribution in [0.1, 0.15) is 43.4 Å². The molecule has 1 nitrogen and oxygen atoms in total. The van der Waals surface area contributed by atoms with Crippen LogP contribution in [0.15, 0.2) is 29.4 Å². The Labute approximate surface area is 103 Å². The first-order chi connectivity index (χ1) is 8.22. The Bertz CT molecular complexity index is 508. The Morgan fingerprint density at radius 2 is 2.12 bits per heavy atom. The average Bonchev–Trinajstić information content (AvgIpc) is 2.75. The number of hydrogen-bond acceptors (Lipinski definition) is 1. The lowest BCUT2D eigenvalue weighted by Gasteiger charge is -2.22. The van der Waals surface area contributed by atoms with Crippen molar-refractivity contribution in [3.05, 3.63) is 41.1 Å². The van der Waals surface area contributed by atoms with E-state index in [2.05, 4.69) is 37.0 Å². The molecule has 1 aromatic carbocycles. The molecule has 0 aromatic heterocycles. The second-order valence-electron chi connectivity index (χ2n) is 5.53. The fourth-order valence-electron chi connectivity index (χ4n) is 2.87. The highest BCUT2D eigenvalue weighted by Crippen LogP contribution is 2.30. The third-order valence-electron chi connectivity index (χ3n) is 3.94. The van der Waals surface area contributed by atoms with Crippen molar-refractivity contribution < 1.29 is 0 Å². The zero-order valence-corrected chi connectivity index (χ0v) is 10.7. The van der Waals surface area contributed by atoms with Gasteiger partial charge in [-0.15, -0.1) is 0 Å². The minimum absolute atomic E-state index is 0.852. The monoisotopic (exact) mass is 225 g/mol. The number of benzene rings is 1. The molecule has 0 saturated heterocycles. The highest BCUT2D eigenvalue weighted by molar-refractivity contribution is 5.96. The molecule has 0 N–H and O–H groups in total. The van der Waals surface area contributed by atoms with E-state index in [1.807, 2.05) is 6.20 Å². The van der Waals surface area contributed by atoms with Crippen molar-refractivity contribution in [1.82, 2.24) is 0 Å². The van der Waals surface area contributed by atoms with Crippen molar-refractivity contribution >= 4 is 11.3 Å². The molecular formula is C16H19N. The van der Waals surface area contributed by atoms with Crippen LogP contribution in [0.3, 0.4) is 0 Å². The van der Waals surface area contributed by atoms with Gasteiger partial charge in [0.25, 0.3) is 0 Å². The van der Waals surface area contributed by atoms with Crippen molar-refractivity contribution in [1.29, 1.82) is 0 Å². The molecule has 0 amide bonds. The summed E-state index contributed by atoms with van der Waals surface area (Å²) < 4.78 is 0. The standard InChI is InChI=1S/C16H19N/c1-11-3-4-14-9-15(6-5-13(14)7-11)16-8-12(2)17-10-16/h5-6,9-11H,3-4,7-8H2,1-2H3. The normalized spacial score (nSPS) is 23.1. The molecule has 1 unspecified atom stereocenters. The first-order valence-electron chi connectivity index (χ1n) is 6.57. The molecule has 0 radical (unpaired) electrons. The van der Waals surface area contributed by atoms with Gasteiger partial charge in [-0.1, -0.05) is 25.1 Å². The van der Waals surface area contributed by atoms with Gasteiger partial charge in [0, 0.05) is 18.3 Å². The molecule has 17 heavy (non-hydrogen) atoms. The van der Waals surface area contributed by atoms with Gasteiger partial charge in [0.2, 0.25) is 0 Å². The largest absolute Gasteiger partial charge is 0.265 e. The van der Waals surface area contributed by atoms with E-state index in [-0.39, 0.29) is 0 Å². The van der Waals surface area contributed by atoms with Crippen LogP contribution in [0, 0.1) is 5.92 Å². The molecule has 1 atom stereocenters. The predicted molar refractivity (Wildman–Crippen MR) is 73.3 cm³/mol. The fraction of sp³-hybridized carbons (Fsp3) is 0.438. The van der Waals surface area contributed by atoms with Gasteiger partial charge in [0.05, 0.1) is 0 Å². The second kappa shape index (κ2) is 4.14. The summed E-state index contributed by atoms with van der Waals surface area (Å²) >= 11 is 0. The van der Waals surface area contributed by atoms with Gasteiger partial charge in [-0.3, -0.25) is 4.99 Å². The van der Waals surface area contributed by atoms with Crippen molar-refractivity contribution in [3.8, 4) is 0 Å². The summed E-state index contributed by atoms with van der Waals surface area (Å²) in [6.07, 6.45) is 6.89. The van der Waals surface area contributed by atoms with Crippen LogP contribution >= 0.6 is 0 Å². The number of aliphatic imine (C=N–C) groups is 1. The molecule has 2 aliphatic rings. The quantitative estimate of drug-likeness (QED) is 0.684. The van der Waals surface area contributed by atoms with Gasteiger partial charge in [0.15, 0.2) is 0 Å². The predicted octanol–water partition coefficient (Wildman–Crippen LogP) is 4.02. The third kappa shape index (κ3) is 2.06. The lowest BCUT2D eigenvalue weighted by molar-refractivity contribution is 0.501. The van der Waals surface area contributed by atoms with E-state index in [9.17, 15) is 0 Å². The van der Waals surface area contributed by atoms with E-state index in [1.54, 1.807) is 11.1 Å². The average molecular weight is 225 g/mol. The first-order valence-corrected chi connectivity index (χ1v) is 6.57. The Balaban J connectivity index is 1.89. The van der Waals surface area contributed by atoms with E-state index in [0.29, 0.717) is 0 Å². The number of rotatable bonds is 1. The highest BCUT2D eigenvalue weighted by Gasteiger charge is 2.16. The summed E-state index contributed by atoms with van der Waals surface area (Å²) in [6, 6.07) is 6.99. The Hall–Kier alpha value is -1.37. The number of aryl methyl sites for hydroxylation is 1. The Kier molecular flexibility index (Phi) is 2.62.